The Morgan fingerprint density at radius 2 is 1.04 bits per heavy atom. The zero-order chi connectivity index (χ0) is 37.8. The highest BCUT2D eigenvalue weighted by molar-refractivity contribution is 5.76. The summed E-state index contributed by atoms with van der Waals surface area (Å²) in [5.41, 5.74) is 1.03. The minimum Gasteiger partial charge on any atom is -0.507 e. The Hall–Kier alpha value is -2.12. The number of carbonyl (C=O) groups excluding carboxylic acids is 2. The second-order valence-corrected chi connectivity index (χ2v) is 20.2. The van der Waals surface area contributed by atoms with E-state index in [1.165, 1.54) is 0 Å². The van der Waals surface area contributed by atoms with Crippen LogP contribution in [0.3, 0.4) is 0 Å². The lowest BCUT2D eigenvalue weighted by Crippen LogP contribution is -2.60. The van der Waals surface area contributed by atoms with Crippen LogP contribution in [0.4, 0.5) is 0 Å². The van der Waals surface area contributed by atoms with Crippen LogP contribution in [0.5, 0.6) is 5.75 Å². The lowest BCUT2D eigenvalue weighted by atomic mass is 9.74. The quantitative estimate of drug-likeness (QED) is 0.205. The zero-order valence-corrected chi connectivity index (χ0v) is 34.4. The van der Waals surface area contributed by atoms with E-state index in [4.69, 9.17) is 9.47 Å². The lowest BCUT2D eigenvalue weighted by Gasteiger charge is -2.53. The van der Waals surface area contributed by atoms with Gasteiger partial charge in [-0.05, 0) is 129 Å². The van der Waals surface area contributed by atoms with E-state index < -0.39 is 5.79 Å². The first kappa shape index (κ1) is 41.3. The summed E-state index contributed by atoms with van der Waals surface area (Å²) in [6, 6.07) is 4.05. The van der Waals surface area contributed by atoms with Gasteiger partial charge in [-0.1, -0.05) is 67.0 Å². The number of carbonyl (C=O) groups is 2. The Bertz CT molecular complexity index is 1230. The van der Waals surface area contributed by atoms with E-state index >= 15 is 0 Å². The van der Waals surface area contributed by atoms with Crippen molar-refractivity contribution in [2.45, 2.75) is 194 Å². The number of benzene rings is 1. The second kappa shape index (κ2) is 13.8. The number of rotatable bonds is 9. The van der Waals surface area contributed by atoms with Gasteiger partial charge >= 0.3 is 11.9 Å². The van der Waals surface area contributed by atoms with Crippen molar-refractivity contribution in [3.8, 4) is 5.75 Å². The summed E-state index contributed by atoms with van der Waals surface area (Å²) in [6.07, 6.45) is 4.82. The molecule has 7 heteroatoms. The molecule has 0 unspecified atom stereocenters. The van der Waals surface area contributed by atoms with E-state index in [2.05, 4.69) is 128 Å². The monoisotopic (exact) mass is 685 g/mol. The summed E-state index contributed by atoms with van der Waals surface area (Å²) in [4.78, 5) is 33.7. The summed E-state index contributed by atoms with van der Waals surface area (Å²) in [5, 5.41) is 11.5. The van der Waals surface area contributed by atoms with Gasteiger partial charge < -0.3 is 14.6 Å². The normalized spacial score (nSPS) is 22.1. The molecule has 1 N–H and O–H groups in total. The van der Waals surface area contributed by atoms with Crippen LogP contribution in [-0.4, -0.2) is 68.9 Å². The first-order valence-electron chi connectivity index (χ1n) is 18.8. The average molecular weight is 685 g/mol. The van der Waals surface area contributed by atoms with Crippen molar-refractivity contribution in [1.82, 2.24) is 9.80 Å². The second-order valence-electron chi connectivity index (χ2n) is 20.2. The smallest absolute Gasteiger partial charge is 0.312 e. The molecule has 2 heterocycles. The van der Waals surface area contributed by atoms with Crippen LogP contribution in [0.2, 0.25) is 0 Å². The van der Waals surface area contributed by atoms with Gasteiger partial charge in [0.15, 0.2) is 0 Å². The highest BCUT2D eigenvalue weighted by Crippen LogP contribution is 2.45. The van der Waals surface area contributed by atoms with Crippen molar-refractivity contribution in [3.63, 3.8) is 0 Å². The van der Waals surface area contributed by atoms with E-state index in [1.54, 1.807) is 0 Å². The number of phenolic OH excluding ortho intramolecular Hbond substituents is 1. The Morgan fingerprint density at radius 1 is 0.714 bits per heavy atom. The molecule has 2 aliphatic rings. The predicted molar refractivity (Wildman–Crippen MR) is 201 cm³/mol. The maximum absolute atomic E-state index is 14.5. The maximum Gasteiger partial charge on any atom is 0.312 e. The van der Waals surface area contributed by atoms with Gasteiger partial charge in [0, 0.05) is 28.6 Å². The number of esters is 2. The molecule has 280 valence electrons. The van der Waals surface area contributed by atoms with Gasteiger partial charge in [-0.3, -0.25) is 19.4 Å². The van der Waals surface area contributed by atoms with Crippen molar-refractivity contribution in [3.05, 3.63) is 28.8 Å². The number of nitrogens with zero attached hydrogens (tertiary/aromatic N) is 2. The lowest BCUT2D eigenvalue weighted by molar-refractivity contribution is -0.241. The summed E-state index contributed by atoms with van der Waals surface area (Å²) < 4.78 is 13.4. The topological polar surface area (TPSA) is 79.3 Å². The van der Waals surface area contributed by atoms with Crippen molar-refractivity contribution in [1.29, 1.82) is 0 Å². The molecule has 2 saturated heterocycles. The Kier molecular flexibility index (Phi) is 11.6. The van der Waals surface area contributed by atoms with Gasteiger partial charge in [-0.25, -0.2) is 0 Å². The van der Waals surface area contributed by atoms with Crippen LogP contribution in [-0.2, 0) is 36.3 Å². The van der Waals surface area contributed by atoms with E-state index in [1.807, 2.05) is 12.1 Å². The fourth-order valence-corrected chi connectivity index (χ4v) is 8.59. The molecule has 0 amide bonds. The minimum atomic E-state index is -1.49. The Balaban J connectivity index is 2.18. The molecule has 0 bridgehead atoms. The first-order valence-corrected chi connectivity index (χ1v) is 18.8. The van der Waals surface area contributed by atoms with Crippen molar-refractivity contribution in [2.24, 2.45) is 11.8 Å². The van der Waals surface area contributed by atoms with Crippen LogP contribution < -0.4 is 0 Å². The van der Waals surface area contributed by atoms with E-state index in [9.17, 15) is 14.7 Å². The Morgan fingerprint density at radius 3 is 1.33 bits per heavy atom. The molecule has 0 aromatic heterocycles. The minimum absolute atomic E-state index is 0.209. The molecule has 1 aromatic rings. The number of likely N-dealkylation sites (tertiary alicyclic amines) is 2. The molecule has 49 heavy (non-hydrogen) atoms. The van der Waals surface area contributed by atoms with E-state index in [0.717, 1.165) is 29.5 Å². The van der Waals surface area contributed by atoms with Gasteiger partial charge in [-0.2, -0.15) is 0 Å². The number of piperidine rings is 2. The summed E-state index contributed by atoms with van der Waals surface area (Å²) in [7, 11) is 4.26. The number of hydrogen-bond acceptors (Lipinski definition) is 7. The Labute approximate surface area is 299 Å². The summed E-state index contributed by atoms with van der Waals surface area (Å²) >= 11 is 0. The number of phenols is 1. The molecule has 3 rings (SSSR count). The molecule has 0 atom stereocenters. The molecule has 0 aliphatic carbocycles. The van der Waals surface area contributed by atoms with Crippen molar-refractivity contribution in [2.75, 3.05) is 14.1 Å². The molecule has 0 spiro atoms. The first-order chi connectivity index (χ1) is 22.0. The maximum atomic E-state index is 14.5. The largest absolute Gasteiger partial charge is 0.507 e. The van der Waals surface area contributed by atoms with E-state index in [0.29, 0.717) is 37.9 Å². The molecule has 2 aliphatic heterocycles. The molecule has 7 nitrogen and oxygen atoms in total. The molecular formula is C42H72N2O5. The van der Waals surface area contributed by atoms with Crippen LogP contribution in [0.25, 0.3) is 0 Å². The molecule has 0 radical (unpaired) electrons. The molecular weight excluding hydrogens is 612 g/mol. The van der Waals surface area contributed by atoms with Crippen molar-refractivity contribution < 1.29 is 24.2 Å². The summed E-state index contributed by atoms with van der Waals surface area (Å²) in [5.74, 6) is -2.46. The fourth-order valence-electron chi connectivity index (χ4n) is 8.59. The highest BCUT2D eigenvalue weighted by Gasteiger charge is 2.51. The molecule has 1 aromatic carbocycles. The highest BCUT2D eigenvalue weighted by atomic mass is 16.7. The molecule has 0 saturated carbocycles. The third kappa shape index (κ3) is 9.22. The van der Waals surface area contributed by atoms with Crippen LogP contribution in [0, 0.1) is 11.8 Å². The standard InChI is InChI=1S/C42H72N2O5/c1-18-19-20-42(48-34(46)29-24-38(8,9)43(16)39(10,11)25-29,49-35(47)30-26-40(12,13)44(17)41(14,15)27-30)23-28-21-31(36(2,3)4)33(45)32(22-28)37(5,6)7/h21-22,29-30,45H,18-20,23-27H2,1-17H3. The van der Waals surface area contributed by atoms with Gasteiger partial charge in [0.1, 0.15) is 5.75 Å². The average Bonchev–Trinajstić information content (AvgIpc) is 2.92. The predicted octanol–water partition coefficient (Wildman–Crippen LogP) is 9.30. The number of unbranched alkanes of at least 4 members (excludes halogenated alkanes) is 1. The fraction of sp³-hybridized carbons (Fsp3) is 0.810. The van der Waals surface area contributed by atoms with Gasteiger partial charge in [0.2, 0.25) is 0 Å². The van der Waals surface area contributed by atoms with Gasteiger partial charge in [-0.15, -0.1) is 0 Å². The third-order valence-electron chi connectivity index (χ3n) is 12.0. The van der Waals surface area contributed by atoms with Crippen LogP contribution >= 0.6 is 0 Å². The number of hydrogen-bond donors (Lipinski definition) is 1. The van der Waals surface area contributed by atoms with E-state index in [-0.39, 0.29) is 63.2 Å². The summed E-state index contributed by atoms with van der Waals surface area (Å²) in [6.45, 7) is 32.1. The van der Waals surface area contributed by atoms with Crippen LogP contribution in [0.15, 0.2) is 12.1 Å². The van der Waals surface area contributed by atoms with Crippen LogP contribution in [0.1, 0.15) is 165 Å². The SMILES string of the molecule is CCCCC(Cc1cc(C(C)(C)C)c(O)c(C(C)(C)C)c1)(OC(=O)C1CC(C)(C)N(C)C(C)(C)C1)OC(=O)C1CC(C)(C)N(C)C(C)(C)C1. The zero-order valence-electron chi connectivity index (χ0n) is 34.4. The van der Waals surface area contributed by atoms with Crippen molar-refractivity contribution >= 4 is 11.9 Å². The number of ether oxygens (including phenoxy) is 2. The molecule has 2 fully saturated rings. The van der Waals surface area contributed by atoms with Gasteiger partial charge in [0.25, 0.3) is 5.79 Å². The number of aromatic hydroxyl groups is 1. The third-order valence-corrected chi connectivity index (χ3v) is 12.0. The van der Waals surface area contributed by atoms with Gasteiger partial charge in [0.05, 0.1) is 18.3 Å².